The molecule has 1 fully saturated rings. The number of nitrogens with zero attached hydrogens (tertiary/aromatic N) is 1. The minimum Gasteiger partial charge on any atom is -0.508 e. The van der Waals surface area contributed by atoms with Crippen LogP contribution in [0.2, 0.25) is 0 Å². The summed E-state index contributed by atoms with van der Waals surface area (Å²) in [6.45, 7) is -0.167. The average molecular weight is 420 g/mol. The van der Waals surface area contributed by atoms with E-state index in [1.165, 1.54) is 18.2 Å². The molecule has 0 bridgehead atoms. The first-order valence-electron chi connectivity index (χ1n) is 10.4. The summed E-state index contributed by atoms with van der Waals surface area (Å²) in [6.07, 6.45) is 2.25. The summed E-state index contributed by atoms with van der Waals surface area (Å²) in [5, 5.41) is 23.1. The van der Waals surface area contributed by atoms with Crippen molar-refractivity contribution in [2.45, 2.75) is 38.0 Å². The number of rotatable bonds is 7. The molecule has 1 aliphatic heterocycles. The smallest absolute Gasteiger partial charge is 0.322 e. The topological polar surface area (TPSA) is 72.8 Å². The molecule has 3 aromatic carbocycles. The molecule has 3 N–H and O–H groups in total. The fourth-order valence-electron chi connectivity index (χ4n) is 4.18. The number of hydrogen-bond donors (Lipinski definition) is 3. The molecular formula is C25H25FN2O3. The maximum Gasteiger partial charge on any atom is 0.322 e. The van der Waals surface area contributed by atoms with Crippen LogP contribution in [0.15, 0.2) is 72.8 Å². The largest absolute Gasteiger partial charge is 0.508 e. The number of anilines is 1. The van der Waals surface area contributed by atoms with Crippen molar-refractivity contribution >= 4 is 11.7 Å². The normalized spacial score (nSPS) is 18.3. The Morgan fingerprint density at radius 2 is 1.68 bits per heavy atom. The highest BCUT2D eigenvalue weighted by Gasteiger charge is 2.41. The lowest BCUT2D eigenvalue weighted by atomic mass is 9.93. The lowest BCUT2D eigenvalue weighted by molar-refractivity contribution is 0.250. The molecule has 5 nitrogen and oxygen atoms in total. The van der Waals surface area contributed by atoms with Gasteiger partial charge in [0.2, 0.25) is 0 Å². The second-order valence-electron chi connectivity index (χ2n) is 7.78. The number of carbonyl (C=O) groups is 1. The van der Waals surface area contributed by atoms with Crippen LogP contribution in [-0.4, -0.2) is 22.3 Å². The maximum atomic E-state index is 13.1. The number of aryl methyl sites for hydroxylation is 1. The molecule has 1 aliphatic rings. The van der Waals surface area contributed by atoms with Gasteiger partial charge in [-0.3, -0.25) is 4.90 Å². The maximum absolute atomic E-state index is 13.1. The van der Waals surface area contributed by atoms with Crippen LogP contribution in [0.5, 0.6) is 5.75 Å². The number of nitrogens with one attached hydrogen (secondary N) is 1. The summed E-state index contributed by atoms with van der Waals surface area (Å²) in [5.41, 5.74) is 3.03. The van der Waals surface area contributed by atoms with Gasteiger partial charge in [0.1, 0.15) is 11.6 Å². The number of aliphatic hydroxyl groups is 1. The number of aromatic hydroxyl groups is 1. The highest BCUT2D eigenvalue weighted by atomic mass is 19.1. The Morgan fingerprint density at radius 1 is 0.968 bits per heavy atom. The molecule has 0 aromatic heterocycles. The lowest BCUT2D eigenvalue weighted by Crippen LogP contribution is -2.29. The van der Waals surface area contributed by atoms with E-state index in [-0.39, 0.29) is 30.2 Å². The van der Waals surface area contributed by atoms with Crippen molar-refractivity contribution in [1.29, 1.82) is 0 Å². The van der Waals surface area contributed by atoms with Crippen molar-refractivity contribution in [3.05, 3.63) is 95.3 Å². The third kappa shape index (κ3) is 4.54. The van der Waals surface area contributed by atoms with Crippen LogP contribution in [0.25, 0.3) is 0 Å². The summed E-state index contributed by atoms with van der Waals surface area (Å²) in [6, 6.07) is 20.1. The van der Waals surface area contributed by atoms with Crippen molar-refractivity contribution in [2.75, 3.05) is 4.90 Å². The molecule has 1 heterocycles. The number of benzene rings is 3. The van der Waals surface area contributed by atoms with Gasteiger partial charge < -0.3 is 15.5 Å². The van der Waals surface area contributed by atoms with E-state index in [0.717, 1.165) is 24.1 Å². The molecule has 4 rings (SSSR count). The molecule has 0 saturated carbocycles. The molecule has 0 aliphatic carbocycles. The summed E-state index contributed by atoms with van der Waals surface area (Å²) in [4.78, 5) is 14.6. The van der Waals surface area contributed by atoms with E-state index in [0.29, 0.717) is 17.5 Å². The van der Waals surface area contributed by atoms with Crippen LogP contribution in [0.3, 0.4) is 0 Å². The van der Waals surface area contributed by atoms with Crippen LogP contribution in [0.1, 0.15) is 35.6 Å². The number of para-hydroxylation sites is 1. The minimum absolute atomic E-state index is 0.0533. The zero-order valence-electron chi connectivity index (χ0n) is 17.0. The zero-order chi connectivity index (χ0) is 21.8. The van der Waals surface area contributed by atoms with Crippen LogP contribution in [0.4, 0.5) is 14.9 Å². The zero-order valence-corrected chi connectivity index (χ0v) is 17.0. The van der Waals surface area contributed by atoms with E-state index >= 15 is 0 Å². The number of carbonyl (C=O) groups excluding carboxylic acids is 1. The number of amides is 2. The van der Waals surface area contributed by atoms with Crippen LogP contribution < -0.4 is 10.2 Å². The van der Waals surface area contributed by atoms with Crippen LogP contribution in [-0.2, 0) is 13.0 Å². The van der Waals surface area contributed by atoms with Crippen molar-refractivity contribution in [1.82, 2.24) is 5.32 Å². The highest BCUT2D eigenvalue weighted by molar-refractivity contribution is 5.96. The Bertz CT molecular complexity index is 1040. The van der Waals surface area contributed by atoms with Gasteiger partial charge in [-0.25, -0.2) is 9.18 Å². The number of hydrogen-bond acceptors (Lipinski definition) is 3. The van der Waals surface area contributed by atoms with Gasteiger partial charge in [0.05, 0.1) is 18.7 Å². The van der Waals surface area contributed by atoms with Crippen molar-refractivity contribution in [3.8, 4) is 5.75 Å². The standard InChI is InChI=1S/C25H25FN2O3/c26-19-12-9-17(10-13-19)5-4-8-22-24(21-14-11-18(16-29)15-23(21)30)28(25(31)27-22)20-6-2-1-3-7-20/h1-3,6-7,9-15,22,24,29-30H,4-5,8,16H2,(H,27,31)/t22-,24+/m0/s1. The van der Waals surface area contributed by atoms with E-state index in [1.807, 2.05) is 30.3 Å². The number of urea groups is 1. The van der Waals surface area contributed by atoms with Gasteiger partial charge in [0.25, 0.3) is 0 Å². The molecule has 2 amide bonds. The third-order valence-electron chi connectivity index (χ3n) is 5.71. The summed E-state index contributed by atoms with van der Waals surface area (Å²) >= 11 is 0. The first-order chi connectivity index (χ1) is 15.1. The third-order valence-corrected chi connectivity index (χ3v) is 5.71. The second kappa shape index (κ2) is 9.18. The monoisotopic (exact) mass is 420 g/mol. The quantitative estimate of drug-likeness (QED) is 0.519. The Morgan fingerprint density at radius 3 is 2.35 bits per heavy atom. The van der Waals surface area contributed by atoms with Crippen molar-refractivity contribution < 1.29 is 19.4 Å². The van der Waals surface area contributed by atoms with Gasteiger partial charge in [0.15, 0.2) is 0 Å². The lowest BCUT2D eigenvalue weighted by Gasteiger charge is -2.28. The SMILES string of the molecule is O=C1N[C@@H](CCCc2ccc(F)cc2)[C@@H](c2ccc(CO)cc2O)N1c1ccccc1. The second-order valence-corrected chi connectivity index (χ2v) is 7.78. The van der Waals surface area contributed by atoms with Crippen LogP contribution in [0, 0.1) is 5.82 Å². The predicted octanol–water partition coefficient (Wildman–Crippen LogP) is 4.69. The first-order valence-corrected chi connectivity index (χ1v) is 10.4. The fourth-order valence-corrected chi connectivity index (χ4v) is 4.18. The average Bonchev–Trinajstić information content (AvgIpc) is 3.11. The number of phenols is 1. The minimum atomic E-state index is -0.393. The summed E-state index contributed by atoms with van der Waals surface area (Å²) in [7, 11) is 0. The van der Waals surface area contributed by atoms with Crippen molar-refractivity contribution in [2.24, 2.45) is 0 Å². The molecule has 31 heavy (non-hydrogen) atoms. The predicted molar refractivity (Wildman–Crippen MR) is 117 cm³/mol. The number of phenolic OH excluding ortho intramolecular Hbond substituents is 1. The molecule has 0 unspecified atom stereocenters. The van der Waals surface area contributed by atoms with E-state index in [9.17, 15) is 19.4 Å². The molecule has 160 valence electrons. The Kier molecular flexibility index (Phi) is 6.18. The molecular weight excluding hydrogens is 395 g/mol. The van der Waals surface area contributed by atoms with Gasteiger partial charge in [-0.1, -0.05) is 42.5 Å². The van der Waals surface area contributed by atoms with E-state index in [2.05, 4.69) is 5.32 Å². The van der Waals surface area contributed by atoms with Gasteiger partial charge in [-0.05, 0) is 60.7 Å². The number of halogens is 1. The van der Waals surface area contributed by atoms with E-state index in [1.54, 1.807) is 29.2 Å². The summed E-state index contributed by atoms with van der Waals surface area (Å²) in [5.74, 6) is -0.204. The van der Waals surface area contributed by atoms with Crippen LogP contribution >= 0.6 is 0 Å². The van der Waals surface area contributed by atoms with E-state index in [4.69, 9.17) is 0 Å². The highest BCUT2D eigenvalue weighted by Crippen LogP contribution is 2.40. The molecule has 6 heteroatoms. The fraction of sp³-hybridized carbons (Fsp3) is 0.240. The Balaban J connectivity index is 1.60. The molecule has 0 spiro atoms. The Hall–Kier alpha value is -3.38. The Labute approximate surface area is 180 Å². The first kappa shape index (κ1) is 20.9. The van der Waals surface area contributed by atoms with E-state index < -0.39 is 6.04 Å². The molecule has 1 saturated heterocycles. The molecule has 2 atom stereocenters. The molecule has 3 aromatic rings. The molecule has 0 radical (unpaired) electrons. The van der Waals surface area contributed by atoms with Gasteiger partial charge in [-0.15, -0.1) is 0 Å². The van der Waals surface area contributed by atoms with Gasteiger partial charge in [0, 0.05) is 11.3 Å². The van der Waals surface area contributed by atoms with Crippen molar-refractivity contribution in [3.63, 3.8) is 0 Å². The summed E-state index contributed by atoms with van der Waals surface area (Å²) < 4.78 is 13.1. The number of aliphatic hydroxyl groups excluding tert-OH is 1. The van der Waals surface area contributed by atoms with Gasteiger partial charge >= 0.3 is 6.03 Å². The van der Waals surface area contributed by atoms with Gasteiger partial charge in [-0.2, -0.15) is 0 Å².